The van der Waals surface area contributed by atoms with Crippen molar-refractivity contribution in [2.75, 3.05) is 21.6 Å². The minimum atomic E-state index is -3.55. The summed E-state index contributed by atoms with van der Waals surface area (Å²) in [6.07, 6.45) is 0. The van der Waals surface area contributed by atoms with Crippen LogP contribution in [0.2, 0.25) is 0 Å². The van der Waals surface area contributed by atoms with Crippen molar-refractivity contribution in [1.82, 2.24) is 0 Å². The summed E-state index contributed by atoms with van der Waals surface area (Å²) in [7, 11) is -7.09. The number of nitriles is 2. The average molecular weight is 755 g/mol. The SMILES string of the molecule is N#Cc1cc(C(=O)N2CS(=O)(=O)c3ccccc32)cc(I)c1O.N#Cc1cc(C(=O)N2CS(=O)(=O)c3ccccc32)ccc1O. The molecule has 12 nitrogen and oxygen atoms in total. The van der Waals surface area contributed by atoms with Gasteiger partial charge in [0.05, 0.1) is 35.9 Å². The summed E-state index contributed by atoms with van der Waals surface area (Å²) in [6.45, 7) is 0. The Morgan fingerprint density at radius 3 is 1.67 bits per heavy atom. The lowest BCUT2D eigenvalue weighted by atomic mass is 10.1. The number of phenolic OH excluding ortho intramolecular Hbond substituents is 2. The second kappa shape index (κ2) is 11.8. The maximum absolute atomic E-state index is 12.7. The molecule has 0 unspecified atom stereocenters. The summed E-state index contributed by atoms with van der Waals surface area (Å²) < 4.78 is 48.8. The van der Waals surface area contributed by atoms with Gasteiger partial charge >= 0.3 is 0 Å². The quantitative estimate of drug-likeness (QED) is 0.283. The molecule has 2 aliphatic rings. The van der Waals surface area contributed by atoms with Gasteiger partial charge in [0, 0.05) is 11.1 Å². The van der Waals surface area contributed by atoms with E-state index in [2.05, 4.69) is 0 Å². The number of hydrogen-bond donors (Lipinski definition) is 2. The Morgan fingerprint density at radius 2 is 1.16 bits per heavy atom. The number of amides is 2. The van der Waals surface area contributed by atoms with Gasteiger partial charge in [-0.15, -0.1) is 0 Å². The molecule has 0 spiro atoms. The van der Waals surface area contributed by atoms with Crippen molar-refractivity contribution in [3.63, 3.8) is 0 Å². The monoisotopic (exact) mass is 754 g/mol. The summed E-state index contributed by atoms with van der Waals surface area (Å²) in [4.78, 5) is 27.8. The molecule has 15 heteroatoms. The molecule has 2 N–H and O–H groups in total. The van der Waals surface area contributed by atoms with Gasteiger partial charge in [-0.25, -0.2) is 16.8 Å². The van der Waals surface area contributed by atoms with Crippen LogP contribution in [0.25, 0.3) is 0 Å². The number of carbonyl (C=O) groups is 2. The van der Waals surface area contributed by atoms with Crippen LogP contribution in [0.1, 0.15) is 31.8 Å². The Balaban J connectivity index is 0.000000178. The minimum absolute atomic E-state index is 0.0319. The lowest BCUT2D eigenvalue weighted by Crippen LogP contribution is -2.30. The number of sulfone groups is 2. The van der Waals surface area contributed by atoms with Gasteiger partial charge in [-0.1, -0.05) is 24.3 Å². The first-order chi connectivity index (χ1) is 21.3. The van der Waals surface area contributed by atoms with Gasteiger partial charge in [0.1, 0.15) is 35.4 Å². The Kier molecular flexibility index (Phi) is 8.28. The van der Waals surface area contributed by atoms with Crippen molar-refractivity contribution >= 4 is 65.5 Å². The van der Waals surface area contributed by atoms with Crippen LogP contribution in [-0.4, -0.2) is 50.6 Å². The fourth-order valence-corrected chi connectivity index (χ4v) is 8.38. The third-order valence-electron chi connectivity index (χ3n) is 6.87. The first-order valence-corrected chi connectivity index (χ1v) is 17.1. The van der Waals surface area contributed by atoms with E-state index < -0.39 is 43.2 Å². The fraction of sp³-hybridized carbons (Fsp3) is 0.0667. The highest BCUT2D eigenvalue weighted by atomic mass is 127. The van der Waals surface area contributed by atoms with Crippen LogP contribution in [0.4, 0.5) is 11.4 Å². The van der Waals surface area contributed by atoms with Crippen molar-refractivity contribution in [2.24, 2.45) is 0 Å². The number of benzene rings is 4. The van der Waals surface area contributed by atoms with Crippen LogP contribution < -0.4 is 9.80 Å². The van der Waals surface area contributed by atoms with Gasteiger partial charge in [0.2, 0.25) is 0 Å². The van der Waals surface area contributed by atoms with Gasteiger partial charge < -0.3 is 10.2 Å². The molecule has 0 saturated heterocycles. The molecule has 6 rings (SSSR count). The van der Waals surface area contributed by atoms with E-state index in [0.717, 1.165) is 9.80 Å². The van der Waals surface area contributed by atoms with Gasteiger partial charge in [-0.05, 0) is 77.2 Å². The molecule has 0 saturated carbocycles. The van der Waals surface area contributed by atoms with Gasteiger partial charge in [-0.2, -0.15) is 10.5 Å². The predicted octanol–water partition coefficient (Wildman–Crippen LogP) is 3.92. The molecular weight excluding hydrogens is 735 g/mol. The van der Waals surface area contributed by atoms with Crippen molar-refractivity contribution in [2.45, 2.75) is 9.79 Å². The summed E-state index contributed by atoms with van der Waals surface area (Å²) in [5.41, 5.74) is 0.854. The zero-order valence-corrected chi connectivity index (χ0v) is 26.5. The topological polar surface area (TPSA) is 197 Å². The zero-order valence-electron chi connectivity index (χ0n) is 22.7. The molecule has 0 fully saturated rings. The summed E-state index contributed by atoms with van der Waals surface area (Å²) >= 11 is 1.81. The van der Waals surface area contributed by atoms with Crippen LogP contribution in [0.15, 0.2) is 88.7 Å². The van der Waals surface area contributed by atoms with E-state index in [1.165, 1.54) is 42.5 Å². The second-order valence-corrected chi connectivity index (χ2v) is 14.7. The molecule has 4 aromatic carbocycles. The Hall–Kier alpha value is -4.97. The van der Waals surface area contributed by atoms with E-state index in [4.69, 9.17) is 10.5 Å². The first kappa shape index (κ1) is 31.5. The highest BCUT2D eigenvalue weighted by molar-refractivity contribution is 14.1. The van der Waals surface area contributed by atoms with Crippen LogP contribution in [-0.2, 0) is 19.7 Å². The molecule has 0 aliphatic carbocycles. The molecular formula is C30H19IN4O8S2. The van der Waals surface area contributed by atoms with E-state index in [1.54, 1.807) is 42.5 Å². The lowest BCUT2D eigenvalue weighted by Gasteiger charge is -2.16. The molecule has 2 amide bonds. The Morgan fingerprint density at radius 1 is 0.689 bits per heavy atom. The maximum Gasteiger partial charge on any atom is 0.259 e. The number of aromatic hydroxyl groups is 2. The van der Waals surface area contributed by atoms with Crippen LogP contribution in [0.5, 0.6) is 11.5 Å². The van der Waals surface area contributed by atoms with Gasteiger partial charge in [0.15, 0.2) is 19.7 Å². The molecule has 2 aliphatic heterocycles. The number of phenols is 2. The number of halogens is 1. The first-order valence-electron chi connectivity index (χ1n) is 12.7. The number of carbonyl (C=O) groups excluding carboxylic acids is 2. The van der Waals surface area contributed by atoms with E-state index in [-0.39, 0.29) is 43.5 Å². The number of anilines is 2. The summed E-state index contributed by atoms with van der Waals surface area (Å²) in [5.74, 6) is -2.37. The third-order valence-corrected chi connectivity index (χ3v) is 10.9. The molecule has 4 aromatic rings. The van der Waals surface area contributed by atoms with Crippen LogP contribution in [0.3, 0.4) is 0 Å². The van der Waals surface area contributed by atoms with Crippen molar-refractivity contribution < 1.29 is 36.6 Å². The normalized spacial score (nSPS) is 15.1. The number of nitrogens with zero attached hydrogens (tertiary/aromatic N) is 4. The standard InChI is InChI=1S/C15H9IN2O4S.C15H10N2O4S/c16-11-6-9(5-10(7-17)14(11)19)15(20)18-8-23(21,22)13-4-2-1-3-12(13)18;16-8-11-7-10(5-6-13(11)18)15(19)17-9-22(20,21)14-4-2-1-3-12(14)17/h1-6,19H,8H2;1-7,18H,9H2. The zero-order chi connectivity index (χ0) is 32.7. The van der Waals surface area contributed by atoms with Crippen LogP contribution >= 0.6 is 22.6 Å². The molecule has 0 bridgehead atoms. The Bertz CT molecular complexity index is 2230. The third kappa shape index (κ3) is 5.80. The fourth-order valence-electron chi connectivity index (χ4n) is 4.72. The minimum Gasteiger partial charge on any atom is -0.507 e. The molecule has 0 aromatic heterocycles. The van der Waals surface area contributed by atoms with Crippen molar-refractivity contribution in [3.8, 4) is 23.6 Å². The van der Waals surface area contributed by atoms with Crippen molar-refractivity contribution in [3.05, 3.63) is 105 Å². The number of fused-ring (bicyclic) bond motifs is 2. The molecule has 2 heterocycles. The van der Waals surface area contributed by atoms with Gasteiger partial charge in [0.25, 0.3) is 11.8 Å². The molecule has 0 atom stereocenters. The van der Waals surface area contributed by atoms with Crippen LogP contribution in [0, 0.1) is 26.2 Å². The number of para-hydroxylation sites is 2. The largest absolute Gasteiger partial charge is 0.507 e. The highest BCUT2D eigenvalue weighted by Gasteiger charge is 2.37. The Labute approximate surface area is 271 Å². The number of rotatable bonds is 2. The molecule has 45 heavy (non-hydrogen) atoms. The second-order valence-electron chi connectivity index (χ2n) is 9.70. The highest BCUT2D eigenvalue weighted by Crippen LogP contribution is 2.36. The van der Waals surface area contributed by atoms with E-state index in [0.29, 0.717) is 14.9 Å². The predicted molar refractivity (Wildman–Crippen MR) is 169 cm³/mol. The summed E-state index contributed by atoms with van der Waals surface area (Å²) in [5, 5.41) is 37.2. The van der Waals surface area contributed by atoms with Crippen molar-refractivity contribution in [1.29, 1.82) is 10.5 Å². The number of hydrogen-bond acceptors (Lipinski definition) is 10. The average Bonchev–Trinajstić information content (AvgIpc) is 3.47. The van der Waals surface area contributed by atoms with E-state index in [9.17, 15) is 36.6 Å². The molecule has 0 radical (unpaired) electrons. The maximum atomic E-state index is 12.7. The smallest absolute Gasteiger partial charge is 0.259 e. The summed E-state index contributed by atoms with van der Waals surface area (Å²) in [6, 6.07) is 22.6. The lowest BCUT2D eigenvalue weighted by molar-refractivity contribution is 0.0984. The van der Waals surface area contributed by atoms with E-state index >= 15 is 0 Å². The molecule has 226 valence electrons. The van der Waals surface area contributed by atoms with E-state index in [1.807, 2.05) is 28.7 Å². The van der Waals surface area contributed by atoms with Gasteiger partial charge in [-0.3, -0.25) is 19.4 Å².